The maximum absolute atomic E-state index is 12.8. The van der Waals surface area contributed by atoms with Crippen LogP contribution in [0.3, 0.4) is 0 Å². The number of benzene rings is 1. The van der Waals surface area contributed by atoms with Crippen molar-refractivity contribution in [3.8, 4) is 0 Å². The molecular formula is C15H16ClNO4S. The molecule has 0 spiro atoms. The summed E-state index contributed by atoms with van der Waals surface area (Å²) in [6.07, 6.45) is 1.69. The van der Waals surface area contributed by atoms with E-state index in [1.807, 2.05) is 0 Å². The molecule has 1 aromatic heterocycles. The fourth-order valence-electron chi connectivity index (χ4n) is 1.96. The van der Waals surface area contributed by atoms with Crippen molar-refractivity contribution in [3.05, 3.63) is 53.4 Å². The van der Waals surface area contributed by atoms with Crippen LogP contribution in [0.25, 0.3) is 0 Å². The lowest BCUT2D eigenvalue weighted by molar-refractivity contribution is -0.120. The van der Waals surface area contributed by atoms with Crippen molar-refractivity contribution in [2.75, 3.05) is 6.54 Å². The maximum Gasteiger partial charge on any atom is 0.219 e. The zero-order valence-corrected chi connectivity index (χ0v) is 13.5. The molecule has 2 rings (SSSR count). The minimum absolute atomic E-state index is 0.0504. The normalized spacial score (nSPS) is 12.8. The van der Waals surface area contributed by atoms with Crippen molar-refractivity contribution in [1.29, 1.82) is 0 Å². The van der Waals surface area contributed by atoms with Crippen LogP contribution in [0.2, 0.25) is 5.02 Å². The number of carbonyl (C=O) groups excluding carboxylic acids is 1. The van der Waals surface area contributed by atoms with Gasteiger partial charge >= 0.3 is 0 Å². The van der Waals surface area contributed by atoms with Gasteiger partial charge < -0.3 is 9.73 Å². The summed E-state index contributed by atoms with van der Waals surface area (Å²) in [6.45, 7) is 1.65. The Labute approximate surface area is 134 Å². The fraction of sp³-hybridized carbons (Fsp3) is 0.267. The molecule has 22 heavy (non-hydrogen) atoms. The molecule has 0 bridgehead atoms. The van der Waals surface area contributed by atoms with Crippen LogP contribution in [0.4, 0.5) is 0 Å². The predicted octanol–water partition coefficient (Wildman–Crippen LogP) is 2.97. The Morgan fingerprint density at radius 3 is 2.50 bits per heavy atom. The van der Waals surface area contributed by atoms with Crippen LogP contribution in [-0.2, 0) is 14.6 Å². The van der Waals surface area contributed by atoms with Gasteiger partial charge in [-0.15, -0.1) is 0 Å². The van der Waals surface area contributed by atoms with E-state index in [0.717, 1.165) is 0 Å². The molecule has 0 aliphatic rings. The minimum atomic E-state index is -3.71. The van der Waals surface area contributed by atoms with Crippen molar-refractivity contribution in [1.82, 2.24) is 5.32 Å². The number of nitrogens with one attached hydrogen (secondary N) is 1. The van der Waals surface area contributed by atoms with Crippen molar-refractivity contribution in [2.45, 2.75) is 23.5 Å². The van der Waals surface area contributed by atoms with Crippen molar-refractivity contribution in [3.63, 3.8) is 0 Å². The third-order valence-corrected chi connectivity index (χ3v) is 5.51. The van der Waals surface area contributed by atoms with Crippen LogP contribution in [-0.4, -0.2) is 20.9 Å². The van der Waals surface area contributed by atoms with E-state index in [2.05, 4.69) is 5.32 Å². The average molecular weight is 342 g/mol. The molecular weight excluding hydrogens is 326 g/mol. The van der Waals surface area contributed by atoms with Gasteiger partial charge in [0, 0.05) is 18.0 Å². The molecule has 1 amide bonds. The van der Waals surface area contributed by atoms with Gasteiger partial charge in [-0.2, -0.15) is 0 Å². The number of rotatable bonds is 6. The van der Waals surface area contributed by atoms with Crippen LogP contribution < -0.4 is 5.32 Å². The van der Waals surface area contributed by atoms with Crippen molar-refractivity contribution in [2.24, 2.45) is 0 Å². The summed E-state index contributed by atoms with van der Waals surface area (Å²) in [7, 11) is -3.71. The van der Waals surface area contributed by atoms with Crippen LogP contribution in [0.5, 0.6) is 0 Å². The second kappa shape index (κ2) is 6.98. The zero-order chi connectivity index (χ0) is 16.2. The number of hydrogen-bond donors (Lipinski definition) is 1. The van der Waals surface area contributed by atoms with E-state index < -0.39 is 15.1 Å². The number of amides is 1. The van der Waals surface area contributed by atoms with Crippen molar-refractivity contribution >= 4 is 27.3 Å². The molecule has 0 fully saturated rings. The van der Waals surface area contributed by atoms with E-state index in [1.54, 1.807) is 19.1 Å². The molecule has 0 aliphatic heterocycles. The number of furan rings is 1. The molecule has 1 heterocycles. The van der Waals surface area contributed by atoms with Crippen LogP contribution >= 0.6 is 11.6 Å². The summed E-state index contributed by atoms with van der Waals surface area (Å²) in [4.78, 5) is 11.6. The Kier molecular flexibility index (Phi) is 5.26. The number of carbonyl (C=O) groups is 1. The van der Waals surface area contributed by atoms with Gasteiger partial charge in [-0.25, -0.2) is 8.42 Å². The average Bonchev–Trinajstić information content (AvgIpc) is 3.01. The fourth-order valence-corrected chi connectivity index (χ4v) is 3.67. The Morgan fingerprint density at radius 1 is 1.27 bits per heavy atom. The van der Waals surface area contributed by atoms with Gasteiger partial charge in [0.25, 0.3) is 0 Å². The first-order valence-corrected chi connectivity index (χ1v) is 8.67. The van der Waals surface area contributed by atoms with Crippen molar-refractivity contribution < 1.29 is 17.6 Å². The van der Waals surface area contributed by atoms with Gasteiger partial charge in [-0.05, 0) is 36.4 Å². The highest BCUT2D eigenvalue weighted by Gasteiger charge is 2.31. The van der Waals surface area contributed by atoms with Gasteiger partial charge in [0.05, 0.1) is 11.2 Å². The second-order valence-corrected chi connectivity index (χ2v) is 7.23. The molecule has 7 heteroatoms. The number of hydrogen-bond acceptors (Lipinski definition) is 4. The maximum atomic E-state index is 12.8. The number of halogens is 1. The smallest absolute Gasteiger partial charge is 0.219 e. The molecule has 0 unspecified atom stereocenters. The lowest BCUT2D eigenvalue weighted by atomic mass is 10.3. The largest absolute Gasteiger partial charge is 0.468 e. The summed E-state index contributed by atoms with van der Waals surface area (Å²) in [5.41, 5.74) is 0. The highest BCUT2D eigenvalue weighted by molar-refractivity contribution is 7.91. The molecule has 1 aromatic carbocycles. The quantitative estimate of drug-likeness (QED) is 0.876. The van der Waals surface area contributed by atoms with E-state index >= 15 is 0 Å². The van der Waals surface area contributed by atoms with Crippen LogP contribution in [0.1, 0.15) is 24.4 Å². The Morgan fingerprint density at radius 2 is 1.95 bits per heavy atom. The molecule has 1 N–H and O–H groups in total. The molecule has 0 saturated heterocycles. The molecule has 0 radical (unpaired) electrons. The molecule has 2 aromatic rings. The van der Waals surface area contributed by atoms with Crippen LogP contribution in [0, 0.1) is 0 Å². The highest BCUT2D eigenvalue weighted by atomic mass is 35.5. The van der Waals surface area contributed by atoms with E-state index in [1.165, 1.54) is 30.5 Å². The standard InChI is InChI=1S/C15H16ClNO4S/c1-2-15(18)17-10-14(13-4-3-9-21-13)22(19,20)12-7-5-11(16)6-8-12/h3-9,14H,2,10H2,1H3,(H,17,18)/t14-/m1/s1. The van der Waals surface area contributed by atoms with E-state index in [4.69, 9.17) is 16.0 Å². The topological polar surface area (TPSA) is 76.4 Å². The highest BCUT2D eigenvalue weighted by Crippen LogP contribution is 2.29. The summed E-state index contributed by atoms with van der Waals surface area (Å²) < 4.78 is 30.8. The van der Waals surface area contributed by atoms with E-state index in [0.29, 0.717) is 5.02 Å². The molecule has 118 valence electrons. The lowest BCUT2D eigenvalue weighted by Crippen LogP contribution is -2.31. The van der Waals surface area contributed by atoms with E-state index in [-0.39, 0.29) is 29.5 Å². The number of sulfone groups is 1. The Bertz CT molecular complexity index is 723. The third kappa shape index (κ3) is 3.69. The first-order valence-electron chi connectivity index (χ1n) is 6.74. The van der Waals surface area contributed by atoms with Gasteiger partial charge in [0.2, 0.25) is 5.91 Å². The van der Waals surface area contributed by atoms with Crippen LogP contribution in [0.15, 0.2) is 52.0 Å². The van der Waals surface area contributed by atoms with Gasteiger partial charge in [-0.3, -0.25) is 4.79 Å². The Hall–Kier alpha value is -1.79. The summed E-state index contributed by atoms with van der Waals surface area (Å²) in [6, 6.07) is 9.10. The lowest BCUT2D eigenvalue weighted by Gasteiger charge is -2.16. The van der Waals surface area contributed by atoms with Gasteiger partial charge in [-0.1, -0.05) is 18.5 Å². The van der Waals surface area contributed by atoms with Gasteiger partial charge in [0.15, 0.2) is 9.84 Å². The van der Waals surface area contributed by atoms with Gasteiger partial charge in [0.1, 0.15) is 11.0 Å². The summed E-state index contributed by atoms with van der Waals surface area (Å²) >= 11 is 5.79. The SMILES string of the molecule is CCC(=O)NC[C@H](c1ccco1)S(=O)(=O)c1ccc(Cl)cc1. The molecule has 1 atom stereocenters. The first-order chi connectivity index (χ1) is 10.4. The molecule has 0 saturated carbocycles. The zero-order valence-electron chi connectivity index (χ0n) is 12.0. The predicted molar refractivity (Wildman–Crippen MR) is 83.4 cm³/mol. The Balaban J connectivity index is 2.35. The summed E-state index contributed by atoms with van der Waals surface area (Å²) in [5, 5.41) is 2.07. The second-order valence-electron chi connectivity index (χ2n) is 4.66. The monoisotopic (exact) mass is 341 g/mol. The summed E-state index contributed by atoms with van der Waals surface area (Å²) in [5.74, 6) is 0.0641. The van der Waals surface area contributed by atoms with E-state index in [9.17, 15) is 13.2 Å². The minimum Gasteiger partial charge on any atom is -0.468 e. The molecule has 5 nitrogen and oxygen atoms in total. The first kappa shape index (κ1) is 16.6. The third-order valence-electron chi connectivity index (χ3n) is 3.18. The molecule has 0 aliphatic carbocycles.